The van der Waals surface area contributed by atoms with Crippen LogP contribution in [0.2, 0.25) is 0 Å². The van der Waals surface area contributed by atoms with Gasteiger partial charge in [0.25, 0.3) is 0 Å². The zero-order chi connectivity index (χ0) is 14.4. The third-order valence-corrected chi connectivity index (χ3v) is 3.74. The summed E-state index contributed by atoms with van der Waals surface area (Å²) in [6.45, 7) is 5.14. The number of nitrogens with one attached hydrogen (secondary N) is 1. The summed E-state index contributed by atoms with van der Waals surface area (Å²) in [5.74, 6) is 0. The number of hydrogen-bond acceptors (Lipinski definition) is 2. The fourth-order valence-electron chi connectivity index (χ4n) is 2.69. The van der Waals surface area contributed by atoms with Crippen LogP contribution < -0.4 is 5.32 Å². The van der Waals surface area contributed by atoms with Crippen molar-refractivity contribution in [1.82, 2.24) is 15.1 Å². The molecule has 1 atom stereocenters. The van der Waals surface area contributed by atoms with Gasteiger partial charge in [0.15, 0.2) is 0 Å². The summed E-state index contributed by atoms with van der Waals surface area (Å²) in [4.78, 5) is 0. The number of aromatic nitrogens is 2. The van der Waals surface area contributed by atoms with Crippen LogP contribution in [-0.2, 0) is 13.0 Å². The van der Waals surface area contributed by atoms with Gasteiger partial charge in [0.2, 0.25) is 0 Å². The summed E-state index contributed by atoms with van der Waals surface area (Å²) in [6.07, 6.45) is 3.46. The largest absolute Gasteiger partial charge is 0.312 e. The molecule has 20 heavy (non-hydrogen) atoms. The Morgan fingerprint density at radius 2 is 2.00 bits per heavy atom. The maximum Gasteiger partial charge on any atom is 0.0597 e. The molecule has 2 aromatic rings. The van der Waals surface area contributed by atoms with Crippen LogP contribution in [0.15, 0.2) is 36.4 Å². The van der Waals surface area contributed by atoms with Crippen molar-refractivity contribution in [2.45, 2.75) is 45.7 Å². The highest BCUT2D eigenvalue weighted by Gasteiger charge is 2.14. The van der Waals surface area contributed by atoms with Crippen molar-refractivity contribution >= 4 is 0 Å². The zero-order valence-corrected chi connectivity index (χ0v) is 12.8. The molecule has 1 aromatic carbocycles. The molecule has 0 bridgehead atoms. The summed E-state index contributed by atoms with van der Waals surface area (Å²) in [6, 6.07) is 13.3. The number of nitrogens with zero attached hydrogens (tertiary/aromatic N) is 2. The standard InChI is InChI=1S/C17H25N3/c1-4-20-17(13-14(2)19-20)16(18-3)12-8-11-15-9-6-5-7-10-15/h5-7,9-10,13,16,18H,4,8,11-12H2,1-3H3. The lowest BCUT2D eigenvalue weighted by atomic mass is 10.0. The number of benzene rings is 1. The molecule has 2 rings (SSSR count). The lowest BCUT2D eigenvalue weighted by Crippen LogP contribution is -2.20. The second-order valence-electron chi connectivity index (χ2n) is 5.25. The van der Waals surface area contributed by atoms with E-state index < -0.39 is 0 Å². The topological polar surface area (TPSA) is 29.9 Å². The summed E-state index contributed by atoms with van der Waals surface area (Å²) < 4.78 is 2.11. The van der Waals surface area contributed by atoms with Crippen LogP contribution in [0, 0.1) is 6.92 Å². The van der Waals surface area contributed by atoms with Gasteiger partial charge in [-0.1, -0.05) is 30.3 Å². The van der Waals surface area contributed by atoms with Crippen LogP contribution in [0.4, 0.5) is 0 Å². The average molecular weight is 271 g/mol. The SMILES string of the molecule is CCn1nc(C)cc1C(CCCc1ccccc1)NC. The van der Waals surface area contributed by atoms with Gasteiger partial charge in [-0.15, -0.1) is 0 Å². The van der Waals surface area contributed by atoms with E-state index in [9.17, 15) is 0 Å². The highest BCUT2D eigenvalue weighted by molar-refractivity contribution is 5.16. The predicted molar refractivity (Wildman–Crippen MR) is 83.8 cm³/mol. The average Bonchev–Trinajstić information content (AvgIpc) is 2.85. The molecule has 3 heteroatoms. The molecule has 1 aromatic heterocycles. The fraction of sp³-hybridized carbons (Fsp3) is 0.471. The zero-order valence-electron chi connectivity index (χ0n) is 12.8. The molecule has 108 valence electrons. The van der Waals surface area contributed by atoms with Crippen molar-refractivity contribution in [2.75, 3.05) is 7.05 Å². The van der Waals surface area contributed by atoms with Crippen LogP contribution in [0.3, 0.4) is 0 Å². The van der Waals surface area contributed by atoms with Crippen molar-refractivity contribution in [3.63, 3.8) is 0 Å². The van der Waals surface area contributed by atoms with Crippen LogP contribution in [0.1, 0.15) is 42.8 Å². The minimum atomic E-state index is 0.389. The molecule has 0 radical (unpaired) electrons. The second-order valence-corrected chi connectivity index (χ2v) is 5.25. The molecule has 3 nitrogen and oxygen atoms in total. The highest BCUT2D eigenvalue weighted by atomic mass is 15.3. The lowest BCUT2D eigenvalue weighted by Gasteiger charge is -2.17. The van der Waals surface area contributed by atoms with E-state index in [1.807, 2.05) is 7.05 Å². The Balaban J connectivity index is 1.95. The van der Waals surface area contributed by atoms with Crippen molar-refractivity contribution in [3.8, 4) is 0 Å². The van der Waals surface area contributed by atoms with Crippen LogP contribution in [-0.4, -0.2) is 16.8 Å². The smallest absolute Gasteiger partial charge is 0.0597 e. The third kappa shape index (κ3) is 3.70. The molecule has 0 saturated carbocycles. The molecule has 0 aliphatic carbocycles. The van der Waals surface area contributed by atoms with Gasteiger partial charge in [0.1, 0.15) is 0 Å². The predicted octanol–water partition coefficient (Wildman–Crippen LogP) is 3.49. The molecular weight excluding hydrogens is 246 g/mol. The Morgan fingerprint density at radius 3 is 2.65 bits per heavy atom. The fourth-order valence-corrected chi connectivity index (χ4v) is 2.69. The maximum absolute atomic E-state index is 4.54. The van der Waals surface area contributed by atoms with Gasteiger partial charge in [-0.2, -0.15) is 5.10 Å². The van der Waals surface area contributed by atoms with Crippen LogP contribution >= 0.6 is 0 Å². The van der Waals surface area contributed by atoms with Gasteiger partial charge in [0, 0.05) is 12.6 Å². The summed E-state index contributed by atoms with van der Waals surface area (Å²) in [5, 5.41) is 7.97. The number of hydrogen-bond donors (Lipinski definition) is 1. The van der Waals surface area contributed by atoms with E-state index in [-0.39, 0.29) is 0 Å². The van der Waals surface area contributed by atoms with E-state index in [1.165, 1.54) is 17.7 Å². The molecule has 1 N–H and O–H groups in total. The monoisotopic (exact) mass is 271 g/mol. The van der Waals surface area contributed by atoms with Gasteiger partial charge >= 0.3 is 0 Å². The Bertz CT molecular complexity index is 516. The first-order chi connectivity index (χ1) is 9.74. The molecular formula is C17H25N3. The lowest BCUT2D eigenvalue weighted by molar-refractivity contribution is 0.475. The first-order valence-electron chi connectivity index (χ1n) is 7.50. The van der Waals surface area contributed by atoms with Crippen LogP contribution in [0.25, 0.3) is 0 Å². The van der Waals surface area contributed by atoms with E-state index in [2.05, 4.69) is 65.3 Å². The van der Waals surface area contributed by atoms with Gasteiger partial charge in [-0.25, -0.2) is 0 Å². The number of aryl methyl sites for hydroxylation is 3. The van der Waals surface area contributed by atoms with Gasteiger partial charge in [0.05, 0.1) is 11.4 Å². The highest BCUT2D eigenvalue weighted by Crippen LogP contribution is 2.20. The maximum atomic E-state index is 4.54. The van der Waals surface area contributed by atoms with Crippen molar-refractivity contribution in [2.24, 2.45) is 0 Å². The molecule has 0 aliphatic heterocycles. The van der Waals surface area contributed by atoms with E-state index in [0.717, 1.165) is 25.1 Å². The first kappa shape index (κ1) is 14.8. The van der Waals surface area contributed by atoms with E-state index in [0.29, 0.717) is 6.04 Å². The molecule has 0 aliphatic rings. The minimum Gasteiger partial charge on any atom is -0.312 e. The van der Waals surface area contributed by atoms with Gasteiger partial charge in [-0.05, 0) is 51.8 Å². The first-order valence-corrected chi connectivity index (χ1v) is 7.50. The summed E-state index contributed by atoms with van der Waals surface area (Å²) >= 11 is 0. The molecule has 0 amide bonds. The Labute approximate surface area is 122 Å². The molecule has 0 fully saturated rings. The van der Waals surface area contributed by atoms with E-state index in [1.54, 1.807) is 0 Å². The molecule has 0 saturated heterocycles. The van der Waals surface area contributed by atoms with Gasteiger partial charge in [-0.3, -0.25) is 4.68 Å². The molecule has 1 heterocycles. The summed E-state index contributed by atoms with van der Waals surface area (Å²) in [5.41, 5.74) is 3.83. The van der Waals surface area contributed by atoms with Crippen LogP contribution in [0.5, 0.6) is 0 Å². The molecule has 0 spiro atoms. The normalized spacial score (nSPS) is 12.6. The van der Waals surface area contributed by atoms with Crippen molar-refractivity contribution < 1.29 is 0 Å². The van der Waals surface area contributed by atoms with Crippen molar-refractivity contribution in [3.05, 3.63) is 53.3 Å². The molecule has 1 unspecified atom stereocenters. The van der Waals surface area contributed by atoms with E-state index in [4.69, 9.17) is 0 Å². The Kier molecular flexibility index (Phi) is 5.36. The van der Waals surface area contributed by atoms with E-state index >= 15 is 0 Å². The summed E-state index contributed by atoms with van der Waals surface area (Å²) in [7, 11) is 2.04. The Morgan fingerprint density at radius 1 is 1.25 bits per heavy atom. The van der Waals surface area contributed by atoms with Crippen molar-refractivity contribution in [1.29, 1.82) is 0 Å². The second kappa shape index (κ2) is 7.25. The minimum absolute atomic E-state index is 0.389. The Hall–Kier alpha value is -1.61. The third-order valence-electron chi connectivity index (χ3n) is 3.74. The number of rotatable bonds is 7. The van der Waals surface area contributed by atoms with Gasteiger partial charge < -0.3 is 5.32 Å². The quantitative estimate of drug-likeness (QED) is 0.835.